The monoisotopic (exact) mass is 199 g/mol. The van der Waals surface area contributed by atoms with Crippen LogP contribution in [0.15, 0.2) is 12.3 Å². The first-order valence-corrected chi connectivity index (χ1v) is 7.52. The third-order valence-corrected chi connectivity index (χ3v) is 7.80. The van der Waals surface area contributed by atoms with E-state index in [0.29, 0.717) is 5.04 Å². The molecule has 1 unspecified atom stereocenters. The van der Waals surface area contributed by atoms with Crippen LogP contribution >= 0.6 is 0 Å². The third-order valence-electron chi connectivity index (χ3n) is 2.60. The van der Waals surface area contributed by atoms with Crippen molar-refractivity contribution in [2.75, 3.05) is 0 Å². The molecule has 0 spiro atoms. The minimum atomic E-state index is -1.55. The van der Waals surface area contributed by atoms with Crippen LogP contribution in [0.3, 0.4) is 0 Å². The molecule has 13 heavy (non-hydrogen) atoms. The van der Waals surface area contributed by atoms with Gasteiger partial charge in [0.15, 0.2) is 8.24 Å². The standard InChI is InChI=1S/C11H25NSi/c1-9-13(8,11(5,6)7)12-10(2,3)4/h9,12H,1H2,2-8H3. The zero-order valence-corrected chi connectivity index (χ0v) is 11.3. The van der Waals surface area contributed by atoms with Crippen LogP contribution in [-0.2, 0) is 0 Å². The summed E-state index contributed by atoms with van der Waals surface area (Å²) in [6, 6.07) is 0. The van der Waals surface area contributed by atoms with Crippen molar-refractivity contribution in [1.82, 2.24) is 4.98 Å². The first-order chi connectivity index (χ1) is 5.52. The molecule has 0 aromatic carbocycles. The molecule has 1 atom stereocenters. The molecule has 0 bridgehead atoms. The highest BCUT2D eigenvalue weighted by Crippen LogP contribution is 2.35. The molecule has 0 aromatic rings. The van der Waals surface area contributed by atoms with E-state index in [9.17, 15) is 0 Å². The zero-order valence-electron chi connectivity index (χ0n) is 10.3. The summed E-state index contributed by atoms with van der Waals surface area (Å²) in [6.45, 7) is 19.8. The van der Waals surface area contributed by atoms with Gasteiger partial charge in [0.2, 0.25) is 0 Å². The third kappa shape index (κ3) is 3.65. The Bertz CT molecular complexity index is 185. The quantitative estimate of drug-likeness (QED) is 0.672. The number of hydrogen-bond donors (Lipinski definition) is 1. The Morgan fingerprint density at radius 3 is 1.54 bits per heavy atom. The Balaban J connectivity index is 4.77. The van der Waals surface area contributed by atoms with E-state index in [-0.39, 0.29) is 5.54 Å². The van der Waals surface area contributed by atoms with E-state index in [1.807, 2.05) is 0 Å². The molecule has 0 aliphatic rings. The van der Waals surface area contributed by atoms with Gasteiger partial charge in [0.05, 0.1) is 0 Å². The molecule has 1 nitrogen and oxygen atoms in total. The molecular weight excluding hydrogens is 174 g/mol. The van der Waals surface area contributed by atoms with Crippen LogP contribution in [0.5, 0.6) is 0 Å². The van der Waals surface area contributed by atoms with Crippen molar-refractivity contribution in [1.29, 1.82) is 0 Å². The van der Waals surface area contributed by atoms with E-state index in [4.69, 9.17) is 0 Å². The van der Waals surface area contributed by atoms with Crippen molar-refractivity contribution in [3.8, 4) is 0 Å². The maximum Gasteiger partial charge on any atom is 0.152 e. The van der Waals surface area contributed by atoms with Crippen molar-refractivity contribution in [3.63, 3.8) is 0 Å². The van der Waals surface area contributed by atoms with Gasteiger partial charge >= 0.3 is 0 Å². The molecule has 0 fully saturated rings. The molecule has 0 aliphatic heterocycles. The lowest BCUT2D eigenvalue weighted by molar-refractivity contribution is 0.497. The Kier molecular flexibility index (Phi) is 3.56. The van der Waals surface area contributed by atoms with Crippen LogP contribution in [0.4, 0.5) is 0 Å². The van der Waals surface area contributed by atoms with E-state index in [2.05, 4.69) is 65.4 Å². The number of rotatable bonds is 2. The normalized spacial score (nSPS) is 18.1. The first kappa shape index (κ1) is 12.9. The van der Waals surface area contributed by atoms with Gasteiger partial charge in [0.25, 0.3) is 0 Å². The first-order valence-electron chi connectivity index (χ1n) is 4.95. The van der Waals surface area contributed by atoms with Crippen molar-refractivity contribution < 1.29 is 0 Å². The van der Waals surface area contributed by atoms with E-state index in [1.54, 1.807) is 0 Å². The second-order valence-corrected chi connectivity index (χ2v) is 10.6. The summed E-state index contributed by atoms with van der Waals surface area (Å²) in [5.74, 6) is 0. The van der Waals surface area contributed by atoms with Gasteiger partial charge in [0, 0.05) is 5.54 Å². The second kappa shape index (κ2) is 3.58. The van der Waals surface area contributed by atoms with Crippen molar-refractivity contribution in [3.05, 3.63) is 12.3 Å². The SMILES string of the molecule is C=C[Si](C)(NC(C)(C)C)C(C)(C)C. The predicted molar refractivity (Wildman–Crippen MR) is 64.4 cm³/mol. The minimum Gasteiger partial charge on any atom is -0.329 e. The molecule has 0 aliphatic carbocycles. The molecule has 0 rings (SSSR count). The summed E-state index contributed by atoms with van der Waals surface area (Å²) in [5, 5.41) is 0.321. The maximum absolute atomic E-state index is 3.98. The highest BCUT2D eigenvalue weighted by atomic mass is 28.3. The average Bonchev–Trinajstić information content (AvgIpc) is 1.81. The molecule has 2 heteroatoms. The molecule has 78 valence electrons. The van der Waals surface area contributed by atoms with Crippen LogP contribution in [-0.4, -0.2) is 13.8 Å². The van der Waals surface area contributed by atoms with Gasteiger partial charge in [-0.05, 0) is 25.8 Å². The minimum absolute atomic E-state index is 0.183. The lowest BCUT2D eigenvalue weighted by Gasteiger charge is -2.43. The van der Waals surface area contributed by atoms with Crippen molar-refractivity contribution in [2.24, 2.45) is 0 Å². The van der Waals surface area contributed by atoms with Gasteiger partial charge in [-0.3, -0.25) is 0 Å². The Morgan fingerprint density at radius 2 is 1.46 bits per heavy atom. The molecule has 0 saturated carbocycles. The number of hydrogen-bond acceptors (Lipinski definition) is 1. The van der Waals surface area contributed by atoms with E-state index < -0.39 is 8.24 Å². The highest BCUT2D eigenvalue weighted by molar-refractivity contribution is 6.83. The summed E-state index contributed by atoms with van der Waals surface area (Å²) in [5.41, 5.74) is 2.33. The lowest BCUT2D eigenvalue weighted by atomic mass is 10.1. The Labute approximate surface area is 84.7 Å². The van der Waals surface area contributed by atoms with Gasteiger partial charge in [0.1, 0.15) is 0 Å². The van der Waals surface area contributed by atoms with Gasteiger partial charge < -0.3 is 4.98 Å². The summed E-state index contributed by atoms with van der Waals surface area (Å²) in [4.78, 5) is 3.74. The molecular formula is C11H25NSi. The van der Waals surface area contributed by atoms with E-state index in [0.717, 1.165) is 0 Å². The molecule has 0 saturated heterocycles. The van der Waals surface area contributed by atoms with Crippen molar-refractivity contribution in [2.45, 2.75) is 58.7 Å². The van der Waals surface area contributed by atoms with E-state index in [1.165, 1.54) is 0 Å². The summed E-state index contributed by atoms with van der Waals surface area (Å²) >= 11 is 0. The molecule has 0 radical (unpaired) electrons. The summed E-state index contributed by atoms with van der Waals surface area (Å²) < 4.78 is 0. The average molecular weight is 199 g/mol. The fourth-order valence-corrected chi connectivity index (χ4v) is 3.97. The molecule has 0 heterocycles. The van der Waals surface area contributed by atoms with Crippen LogP contribution in [0.1, 0.15) is 41.5 Å². The van der Waals surface area contributed by atoms with Crippen LogP contribution in [0.2, 0.25) is 11.6 Å². The van der Waals surface area contributed by atoms with Gasteiger partial charge in [-0.2, -0.15) is 0 Å². The van der Waals surface area contributed by atoms with Crippen LogP contribution in [0, 0.1) is 0 Å². The molecule has 0 aromatic heterocycles. The topological polar surface area (TPSA) is 12.0 Å². The fourth-order valence-electron chi connectivity index (χ4n) is 1.32. The number of nitrogens with one attached hydrogen (secondary N) is 1. The van der Waals surface area contributed by atoms with Crippen LogP contribution in [0.25, 0.3) is 0 Å². The Morgan fingerprint density at radius 1 is 1.08 bits per heavy atom. The summed E-state index contributed by atoms with van der Waals surface area (Å²) in [6.07, 6.45) is 0. The van der Waals surface area contributed by atoms with Gasteiger partial charge in [-0.15, -0.1) is 6.58 Å². The lowest BCUT2D eigenvalue weighted by Crippen LogP contribution is -2.60. The highest BCUT2D eigenvalue weighted by Gasteiger charge is 2.39. The molecule has 1 N–H and O–H groups in total. The maximum atomic E-state index is 3.98. The van der Waals surface area contributed by atoms with E-state index >= 15 is 0 Å². The smallest absolute Gasteiger partial charge is 0.152 e. The van der Waals surface area contributed by atoms with Gasteiger partial charge in [-0.25, -0.2) is 0 Å². The fraction of sp³-hybridized carbons (Fsp3) is 0.818. The Hall–Kier alpha value is -0.0831. The van der Waals surface area contributed by atoms with Gasteiger partial charge in [-0.1, -0.05) is 33.0 Å². The van der Waals surface area contributed by atoms with Crippen molar-refractivity contribution >= 4 is 8.24 Å². The largest absolute Gasteiger partial charge is 0.329 e. The summed E-state index contributed by atoms with van der Waals surface area (Å²) in [7, 11) is -1.55. The van der Waals surface area contributed by atoms with Crippen LogP contribution < -0.4 is 4.98 Å². The predicted octanol–water partition coefficient (Wildman–Crippen LogP) is 3.48. The zero-order chi connectivity index (χ0) is 10.9. The second-order valence-electron chi connectivity index (χ2n) is 6.03. The molecule has 0 amide bonds.